The zero-order valence-electron chi connectivity index (χ0n) is 12.1. The molecule has 1 unspecified atom stereocenters. The van der Waals surface area contributed by atoms with Gasteiger partial charge in [0.15, 0.2) is 0 Å². The van der Waals surface area contributed by atoms with Crippen molar-refractivity contribution >= 4 is 11.3 Å². The van der Waals surface area contributed by atoms with E-state index in [9.17, 15) is 4.39 Å². The predicted octanol–water partition coefficient (Wildman–Crippen LogP) is 3.03. The van der Waals surface area contributed by atoms with Gasteiger partial charge in [-0.15, -0.1) is 11.3 Å². The van der Waals surface area contributed by atoms with E-state index in [-0.39, 0.29) is 11.9 Å². The van der Waals surface area contributed by atoms with E-state index in [2.05, 4.69) is 9.88 Å². The van der Waals surface area contributed by atoms with Crippen molar-refractivity contribution in [2.45, 2.75) is 26.4 Å². The molecule has 1 atom stereocenters. The minimum Gasteiger partial charge on any atom is -0.329 e. The van der Waals surface area contributed by atoms with Gasteiger partial charge < -0.3 is 5.73 Å². The van der Waals surface area contributed by atoms with Crippen molar-refractivity contribution in [2.24, 2.45) is 5.73 Å². The number of aryl methyl sites for hydroxylation is 2. The average Bonchev–Trinajstić information content (AvgIpc) is 2.78. The lowest BCUT2D eigenvalue weighted by molar-refractivity contribution is 0.242. The molecule has 0 aliphatic rings. The fraction of sp³-hybridized carbons (Fsp3) is 0.400. The molecule has 2 aromatic rings. The third-order valence-corrected chi connectivity index (χ3v) is 4.50. The Morgan fingerprint density at radius 1 is 1.40 bits per heavy atom. The molecule has 3 nitrogen and oxygen atoms in total. The molecule has 0 aliphatic carbocycles. The molecule has 0 radical (unpaired) electrons. The van der Waals surface area contributed by atoms with Crippen LogP contribution in [0.5, 0.6) is 0 Å². The molecule has 20 heavy (non-hydrogen) atoms. The van der Waals surface area contributed by atoms with Crippen LogP contribution in [0.3, 0.4) is 0 Å². The summed E-state index contributed by atoms with van der Waals surface area (Å²) in [7, 11) is 2.04. The topological polar surface area (TPSA) is 42.1 Å². The van der Waals surface area contributed by atoms with E-state index in [1.807, 2.05) is 32.5 Å². The Bertz CT molecular complexity index is 582. The molecule has 108 valence electrons. The van der Waals surface area contributed by atoms with Crippen molar-refractivity contribution in [1.82, 2.24) is 9.88 Å². The van der Waals surface area contributed by atoms with Gasteiger partial charge in [-0.2, -0.15) is 0 Å². The number of nitrogens with zero attached hydrogens (tertiary/aromatic N) is 2. The number of rotatable bonds is 5. The van der Waals surface area contributed by atoms with E-state index >= 15 is 0 Å². The van der Waals surface area contributed by atoms with Crippen LogP contribution in [0.15, 0.2) is 23.7 Å². The average molecular weight is 293 g/mol. The van der Waals surface area contributed by atoms with E-state index in [1.54, 1.807) is 17.4 Å². The first-order valence-electron chi connectivity index (χ1n) is 6.58. The highest BCUT2D eigenvalue weighted by Gasteiger charge is 2.19. The lowest BCUT2D eigenvalue weighted by Crippen LogP contribution is -2.30. The second-order valence-corrected chi connectivity index (χ2v) is 5.97. The SMILES string of the molecule is Cc1cc(F)ccc1C(CN)N(C)Cc1scnc1C. The molecule has 0 amide bonds. The molecule has 0 saturated carbocycles. The van der Waals surface area contributed by atoms with Crippen LogP contribution in [0.1, 0.15) is 27.7 Å². The van der Waals surface area contributed by atoms with E-state index in [1.165, 1.54) is 10.9 Å². The lowest BCUT2D eigenvalue weighted by atomic mass is 10.00. The standard InChI is InChI=1S/C15H20FN3S/c1-10-6-12(16)4-5-13(10)14(7-17)19(3)8-15-11(2)18-9-20-15/h4-6,9,14H,7-8,17H2,1-3H3. The summed E-state index contributed by atoms with van der Waals surface area (Å²) in [5.74, 6) is -0.206. The van der Waals surface area contributed by atoms with Crippen molar-refractivity contribution in [3.8, 4) is 0 Å². The first-order chi connectivity index (χ1) is 9.52. The Morgan fingerprint density at radius 3 is 2.70 bits per heavy atom. The van der Waals surface area contributed by atoms with Crippen LogP contribution in [-0.2, 0) is 6.54 Å². The normalized spacial score (nSPS) is 12.9. The summed E-state index contributed by atoms with van der Waals surface area (Å²) >= 11 is 1.65. The maximum atomic E-state index is 13.2. The van der Waals surface area contributed by atoms with Crippen LogP contribution in [0, 0.1) is 19.7 Å². The Labute approximate surface area is 123 Å². The highest BCUT2D eigenvalue weighted by molar-refractivity contribution is 7.09. The molecule has 0 spiro atoms. The number of nitrogens with two attached hydrogens (primary N) is 1. The summed E-state index contributed by atoms with van der Waals surface area (Å²) in [6, 6.07) is 4.97. The Morgan fingerprint density at radius 2 is 2.15 bits per heavy atom. The summed E-state index contributed by atoms with van der Waals surface area (Å²) in [6.45, 7) is 5.24. The van der Waals surface area contributed by atoms with Crippen LogP contribution < -0.4 is 5.73 Å². The minimum atomic E-state index is -0.206. The monoisotopic (exact) mass is 293 g/mol. The van der Waals surface area contributed by atoms with Crippen molar-refractivity contribution in [2.75, 3.05) is 13.6 Å². The zero-order chi connectivity index (χ0) is 14.7. The van der Waals surface area contributed by atoms with Crippen LogP contribution in [0.2, 0.25) is 0 Å². The Balaban J connectivity index is 2.21. The highest BCUT2D eigenvalue weighted by atomic mass is 32.1. The molecule has 0 bridgehead atoms. The molecule has 5 heteroatoms. The minimum absolute atomic E-state index is 0.0806. The summed E-state index contributed by atoms with van der Waals surface area (Å²) in [5, 5.41) is 0. The van der Waals surface area contributed by atoms with Crippen molar-refractivity contribution in [1.29, 1.82) is 0 Å². The maximum absolute atomic E-state index is 13.2. The summed E-state index contributed by atoms with van der Waals surface area (Å²) in [5.41, 5.74) is 10.9. The number of halogens is 1. The van der Waals surface area contributed by atoms with Crippen molar-refractivity contribution in [3.05, 3.63) is 51.2 Å². The van der Waals surface area contributed by atoms with Gasteiger partial charge in [0.25, 0.3) is 0 Å². The first kappa shape index (κ1) is 15.1. The smallest absolute Gasteiger partial charge is 0.123 e. The molecule has 1 aromatic carbocycles. The Hall–Kier alpha value is -1.30. The number of aromatic nitrogens is 1. The number of thiazole rings is 1. The van der Waals surface area contributed by atoms with Gasteiger partial charge in [-0.05, 0) is 44.2 Å². The molecule has 1 aromatic heterocycles. The molecule has 2 rings (SSSR count). The van der Waals surface area contributed by atoms with E-state index in [4.69, 9.17) is 5.73 Å². The third kappa shape index (κ3) is 3.23. The largest absolute Gasteiger partial charge is 0.329 e. The lowest BCUT2D eigenvalue weighted by Gasteiger charge is -2.28. The molecule has 0 saturated heterocycles. The fourth-order valence-corrected chi connectivity index (χ4v) is 3.21. The maximum Gasteiger partial charge on any atom is 0.123 e. The van der Waals surface area contributed by atoms with Gasteiger partial charge in [-0.3, -0.25) is 4.90 Å². The van der Waals surface area contributed by atoms with Gasteiger partial charge in [0, 0.05) is 24.0 Å². The van der Waals surface area contributed by atoms with Gasteiger partial charge >= 0.3 is 0 Å². The van der Waals surface area contributed by atoms with Gasteiger partial charge in [0.2, 0.25) is 0 Å². The van der Waals surface area contributed by atoms with Gasteiger partial charge in [-0.1, -0.05) is 6.07 Å². The van der Waals surface area contributed by atoms with Crippen LogP contribution in [-0.4, -0.2) is 23.5 Å². The number of benzene rings is 1. The summed E-state index contributed by atoms with van der Waals surface area (Å²) in [6.07, 6.45) is 0. The van der Waals surface area contributed by atoms with E-state index < -0.39 is 0 Å². The van der Waals surface area contributed by atoms with Crippen molar-refractivity contribution in [3.63, 3.8) is 0 Å². The van der Waals surface area contributed by atoms with Crippen molar-refractivity contribution < 1.29 is 4.39 Å². The Kier molecular flexibility index (Phi) is 4.86. The molecule has 2 N–H and O–H groups in total. The van der Waals surface area contributed by atoms with Gasteiger partial charge in [-0.25, -0.2) is 9.37 Å². The van der Waals surface area contributed by atoms with Gasteiger partial charge in [0.05, 0.1) is 11.2 Å². The zero-order valence-corrected chi connectivity index (χ0v) is 12.9. The second kappa shape index (κ2) is 6.43. The van der Waals surface area contributed by atoms with E-state index in [0.29, 0.717) is 6.54 Å². The number of hydrogen-bond acceptors (Lipinski definition) is 4. The molecular formula is C15H20FN3S. The predicted molar refractivity (Wildman–Crippen MR) is 81.3 cm³/mol. The molecular weight excluding hydrogens is 273 g/mol. The van der Waals surface area contributed by atoms with Gasteiger partial charge in [0.1, 0.15) is 5.82 Å². The van der Waals surface area contributed by atoms with Crippen LogP contribution >= 0.6 is 11.3 Å². The third-order valence-electron chi connectivity index (χ3n) is 3.58. The first-order valence-corrected chi connectivity index (χ1v) is 7.46. The second-order valence-electron chi connectivity index (χ2n) is 5.03. The van der Waals surface area contributed by atoms with E-state index in [0.717, 1.165) is 23.4 Å². The van der Waals surface area contributed by atoms with Crippen LogP contribution in [0.25, 0.3) is 0 Å². The number of likely N-dealkylation sites (N-methyl/N-ethyl adjacent to an activating group) is 1. The quantitative estimate of drug-likeness (QED) is 0.921. The highest BCUT2D eigenvalue weighted by Crippen LogP contribution is 2.25. The summed E-state index contributed by atoms with van der Waals surface area (Å²) < 4.78 is 13.2. The molecule has 0 aliphatic heterocycles. The van der Waals surface area contributed by atoms with Crippen LogP contribution in [0.4, 0.5) is 4.39 Å². The number of hydrogen-bond donors (Lipinski definition) is 1. The molecule has 0 fully saturated rings. The summed E-state index contributed by atoms with van der Waals surface area (Å²) in [4.78, 5) is 7.70. The molecule has 1 heterocycles. The fourth-order valence-electron chi connectivity index (χ4n) is 2.37.